The first-order valence-electron chi connectivity index (χ1n) is 7.67. The van der Waals surface area contributed by atoms with Crippen molar-refractivity contribution in [1.82, 2.24) is 19.5 Å². The average Bonchev–Trinajstić information content (AvgIpc) is 3.06. The van der Waals surface area contributed by atoms with E-state index in [1.165, 1.54) is 38.5 Å². The molecule has 0 saturated heterocycles. The van der Waals surface area contributed by atoms with Gasteiger partial charge in [-0.15, -0.1) is 0 Å². The molecule has 4 rings (SSSR count). The summed E-state index contributed by atoms with van der Waals surface area (Å²) < 4.78 is 2.19. The highest BCUT2D eigenvalue weighted by molar-refractivity contribution is 5.82. The van der Waals surface area contributed by atoms with Crippen molar-refractivity contribution in [2.75, 3.05) is 11.9 Å². The quantitative estimate of drug-likeness (QED) is 0.928. The molecule has 0 aromatic carbocycles. The van der Waals surface area contributed by atoms with Crippen LogP contribution in [0.4, 0.5) is 5.82 Å². The fourth-order valence-electron chi connectivity index (χ4n) is 3.30. The molecule has 0 amide bonds. The topological polar surface area (TPSA) is 55.6 Å². The summed E-state index contributed by atoms with van der Waals surface area (Å²) in [6.07, 6.45) is 11.4. The van der Waals surface area contributed by atoms with Crippen molar-refractivity contribution in [3.63, 3.8) is 0 Å². The minimum atomic E-state index is 0.413. The second-order valence-corrected chi connectivity index (χ2v) is 6.65. The fraction of sp³-hybridized carbons (Fsp3) is 0.667. The maximum absolute atomic E-state index is 4.52. The molecule has 2 aromatic rings. The molecule has 5 nitrogen and oxygen atoms in total. The molecular formula is C15H21N5. The first-order valence-corrected chi connectivity index (χ1v) is 7.67. The summed E-state index contributed by atoms with van der Waals surface area (Å²) in [5, 5.41) is 3.52. The minimum absolute atomic E-state index is 0.413. The van der Waals surface area contributed by atoms with Crippen molar-refractivity contribution >= 4 is 17.0 Å². The Balaban J connectivity index is 1.59. The van der Waals surface area contributed by atoms with Crippen molar-refractivity contribution in [3.05, 3.63) is 12.7 Å². The van der Waals surface area contributed by atoms with Crippen LogP contribution < -0.4 is 5.32 Å². The van der Waals surface area contributed by atoms with E-state index in [1.807, 2.05) is 6.33 Å². The molecule has 0 radical (unpaired) electrons. The molecule has 2 aliphatic rings. The lowest BCUT2D eigenvalue weighted by atomic mass is 9.89. The molecule has 2 aliphatic carbocycles. The zero-order valence-electron chi connectivity index (χ0n) is 12.0. The number of hydrogen-bond donors (Lipinski definition) is 1. The van der Waals surface area contributed by atoms with Crippen LogP contribution in [0.25, 0.3) is 11.2 Å². The first-order chi connectivity index (χ1) is 9.75. The molecule has 0 unspecified atom stereocenters. The summed E-state index contributed by atoms with van der Waals surface area (Å²) in [4.78, 5) is 13.3. The van der Waals surface area contributed by atoms with Crippen LogP contribution in [0.3, 0.4) is 0 Å². The van der Waals surface area contributed by atoms with Crippen LogP contribution in [-0.4, -0.2) is 26.1 Å². The van der Waals surface area contributed by atoms with Gasteiger partial charge in [0, 0.05) is 12.6 Å². The second-order valence-electron chi connectivity index (χ2n) is 6.65. The smallest absolute Gasteiger partial charge is 0.165 e. The van der Waals surface area contributed by atoms with E-state index in [0.717, 1.165) is 23.5 Å². The molecule has 2 saturated carbocycles. The number of hydrogen-bond acceptors (Lipinski definition) is 4. The van der Waals surface area contributed by atoms with Crippen LogP contribution >= 0.6 is 0 Å². The van der Waals surface area contributed by atoms with E-state index in [2.05, 4.69) is 31.8 Å². The van der Waals surface area contributed by atoms with Crippen molar-refractivity contribution in [3.8, 4) is 0 Å². The van der Waals surface area contributed by atoms with Crippen molar-refractivity contribution in [1.29, 1.82) is 0 Å². The highest BCUT2D eigenvalue weighted by Gasteiger charge is 2.29. The largest absolute Gasteiger partial charge is 0.368 e. The third-order valence-corrected chi connectivity index (χ3v) is 4.79. The highest BCUT2D eigenvalue weighted by atomic mass is 15.2. The molecule has 0 bridgehead atoms. The van der Waals surface area contributed by atoms with E-state index in [4.69, 9.17) is 0 Å². The molecule has 0 spiro atoms. The number of rotatable bonds is 4. The Bertz CT molecular complexity index is 622. The molecule has 2 fully saturated rings. The molecule has 0 atom stereocenters. The Morgan fingerprint density at radius 2 is 2.05 bits per heavy atom. The molecule has 2 aromatic heterocycles. The van der Waals surface area contributed by atoms with E-state index >= 15 is 0 Å². The monoisotopic (exact) mass is 271 g/mol. The summed E-state index contributed by atoms with van der Waals surface area (Å²) >= 11 is 0. The Kier molecular flexibility index (Phi) is 2.69. The van der Waals surface area contributed by atoms with E-state index in [0.29, 0.717) is 11.5 Å². The lowest BCUT2D eigenvalue weighted by molar-refractivity contribution is 0.361. The van der Waals surface area contributed by atoms with Crippen LogP contribution in [0.1, 0.15) is 51.5 Å². The standard InChI is InChI=1S/C15H21N5/c1-15(6-2-3-7-15)8-16-13-12-14(18-9-17-13)20(10-19-12)11-4-5-11/h9-11H,2-8H2,1H3,(H,16,17,18). The van der Waals surface area contributed by atoms with E-state index < -0.39 is 0 Å². The molecular weight excluding hydrogens is 250 g/mol. The molecule has 2 heterocycles. The minimum Gasteiger partial charge on any atom is -0.368 e. The first kappa shape index (κ1) is 12.1. The number of nitrogens with one attached hydrogen (secondary N) is 1. The fourth-order valence-corrected chi connectivity index (χ4v) is 3.30. The lowest BCUT2D eigenvalue weighted by Crippen LogP contribution is -2.23. The van der Waals surface area contributed by atoms with Crippen molar-refractivity contribution in [2.24, 2.45) is 5.41 Å². The normalized spacial score (nSPS) is 21.4. The summed E-state index contributed by atoms with van der Waals surface area (Å²) in [5.74, 6) is 0.891. The number of nitrogens with zero attached hydrogens (tertiary/aromatic N) is 4. The van der Waals surface area contributed by atoms with Crippen LogP contribution in [0, 0.1) is 5.41 Å². The van der Waals surface area contributed by atoms with E-state index in [-0.39, 0.29) is 0 Å². The SMILES string of the molecule is CC1(CNc2ncnc3c2ncn3C2CC2)CCCC1. The number of fused-ring (bicyclic) bond motifs is 1. The summed E-state index contributed by atoms with van der Waals surface area (Å²) in [5.41, 5.74) is 2.30. The zero-order valence-corrected chi connectivity index (χ0v) is 12.0. The van der Waals surface area contributed by atoms with Crippen LogP contribution in [0.2, 0.25) is 0 Å². The predicted octanol–water partition coefficient (Wildman–Crippen LogP) is 3.15. The van der Waals surface area contributed by atoms with Gasteiger partial charge < -0.3 is 9.88 Å². The molecule has 0 aliphatic heterocycles. The summed E-state index contributed by atoms with van der Waals surface area (Å²) in [6, 6.07) is 0.607. The van der Waals surface area contributed by atoms with Gasteiger partial charge in [0.2, 0.25) is 0 Å². The van der Waals surface area contributed by atoms with Crippen LogP contribution in [0.15, 0.2) is 12.7 Å². The average molecular weight is 271 g/mol. The molecule has 106 valence electrons. The number of anilines is 1. The van der Waals surface area contributed by atoms with Gasteiger partial charge in [0.1, 0.15) is 11.8 Å². The van der Waals surface area contributed by atoms with Crippen molar-refractivity contribution < 1.29 is 0 Å². The van der Waals surface area contributed by atoms with E-state index in [1.54, 1.807) is 6.33 Å². The van der Waals surface area contributed by atoms with Gasteiger partial charge in [-0.25, -0.2) is 15.0 Å². The van der Waals surface area contributed by atoms with Gasteiger partial charge in [-0.3, -0.25) is 0 Å². The lowest BCUT2D eigenvalue weighted by Gasteiger charge is -2.23. The van der Waals surface area contributed by atoms with Gasteiger partial charge in [0.15, 0.2) is 11.5 Å². The molecule has 1 N–H and O–H groups in total. The third kappa shape index (κ3) is 2.05. The Hall–Kier alpha value is -1.65. The predicted molar refractivity (Wildman–Crippen MR) is 78.7 cm³/mol. The molecule has 20 heavy (non-hydrogen) atoms. The summed E-state index contributed by atoms with van der Waals surface area (Å²) in [6.45, 7) is 3.35. The highest BCUT2D eigenvalue weighted by Crippen LogP contribution is 2.39. The summed E-state index contributed by atoms with van der Waals surface area (Å²) in [7, 11) is 0. The maximum Gasteiger partial charge on any atom is 0.165 e. The second kappa shape index (κ2) is 4.43. The van der Waals surface area contributed by atoms with Gasteiger partial charge in [-0.2, -0.15) is 0 Å². The zero-order chi connectivity index (χ0) is 13.6. The van der Waals surface area contributed by atoms with Crippen LogP contribution in [-0.2, 0) is 0 Å². The maximum atomic E-state index is 4.52. The van der Waals surface area contributed by atoms with Gasteiger partial charge in [-0.05, 0) is 31.1 Å². The number of imidazole rings is 1. The van der Waals surface area contributed by atoms with Gasteiger partial charge in [0.05, 0.1) is 6.33 Å². The van der Waals surface area contributed by atoms with Gasteiger partial charge in [0.25, 0.3) is 0 Å². The van der Waals surface area contributed by atoms with Crippen molar-refractivity contribution in [2.45, 2.75) is 51.5 Å². The third-order valence-electron chi connectivity index (χ3n) is 4.79. The van der Waals surface area contributed by atoms with Gasteiger partial charge in [-0.1, -0.05) is 19.8 Å². The van der Waals surface area contributed by atoms with Gasteiger partial charge >= 0.3 is 0 Å². The Morgan fingerprint density at radius 3 is 2.80 bits per heavy atom. The van der Waals surface area contributed by atoms with Crippen LogP contribution in [0.5, 0.6) is 0 Å². The Morgan fingerprint density at radius 1 is 1.25 bits per heavy atom. The Labute approximate surface area is 118 Å². The molecule has 5 heteroatoms. The number of aromatic nitrogens is 4. The van der Waals surface area contributed by atoms with E-state index in [9.17, 15) is 0 Å².